The van der Waals surface area contributed by atoms with Crippen molar-refractivity contribution >= 4 is 17.4 Å². The zero-order valence-corrected chi connectivity index (χ0v) is 15.5. The molecule has 0 atom stereocenters. The number of aromatic nitrogens is 2. The summed E-state index contributed by atoms with van der Waals surface area (Å²) in [4.78, 5) is 23.5. The molecular formula is C18H25ClN4O2. The van der Waals surface area contributed by atoms with Crippen LogP contribution in [0.3, 0.4) is 0 Å². The minimum Gasteiger partial charge on any atom is -0.371 e. The summed E-state index contributed by atoms with van der Waals surface area (Å²) >= 11 is 5.87. The van der Waals surface area contributed by atoms with Gasteiger partial charge in [0.1, 0.15) is 5.82 Å². The monoisotopic (exact) mass is 364 g/mol. The van der Waals surface area contributed by atoms with Crippen LogP contribution in [-0.4, -0.2) is 28.8 Å². The molecule has 0 unspecified atom stereocenters. The van der Waals surface area contributed by atoms with Crippen LogP contribution >= 0.6 is 11.6 Å². The normalized spacial score (nSPS) is 10.8. The van der Waals surface area contributed by atoms with Gasteiger partial charge in [0, 0.05) is 31.7 Å². The van der Waals surface area contributed by atoms with Crippen LogP contribution in [0.5, 0.6) is 0 Å². The second-order valence-corrected chi connectivity index (χ2v) is 6.47. The summed E-state index contributed by atoms with van der Waals surface area (Å²) < 4.78 is 2.54. The van der Waals surface area contributed by atoms with Gasteiger partial charge < -0.3 is 10.6 Å². The van der Waals surface area contributed by atoms with Crippen molar-refractivity contribution in [1.29, 1.82) is 0 Å². The number of halogens is 1. The number of rotatable bonds is 9. The van der Waals surface area contributed by atoms with Gasteiger partial charge in [-0.3, -0.25) is 13.9 Å². The van der Waals surface area contributed by atoms with E-state index in [2.05, 4.69) is 22.8 Å². The molecule has 1 aromatic carbocycles. The first-order chi connectivity index (χ1) is 12.0. The van der Waals surface area contributed by atoms with Crippen molar-refractivity contribution < 1.29 is 0 Å². The molecule has 0 radical (unpaired) electrons. The van der Waals surface area contributed by atoms with E-state index >= 15 is 0 Å². The second kappa shape index (κ2) is 9.44. The largest absolute Gasteiger partial charge is 0.371 e. The average Bonchev–Trinajstić information content (AvgIpc) is 2.61. The maximum Gasteiger partial charge on any atom is 0.332 e. The van der Waals surface area contributed by atoms with Gasteiger partial charge in [-0.2, -0.15) is 0 Å². The predicted octanol–water partition coefficient (Wildman–Crippen LogP) is 1.76. The highest BCUT2D eigenvalue weighted by molar-refractivity contribution is 6.30. The van der Waals surface area contributed by atoms with E-state index in [9.17, 15) is 9.59 Å². The summed E-state index contributed by atoms with van der Waals surface area (Å²) in [6.45, 7) is 2.53. The van der Waals surface area contributed by atoms with Gasteiger partial charge >= 0.3 is 5.69 Å². The third-order valence-corrected chi connectivity index (χ3v) is 4.35. The van der Waals surface area contributed by atoms with Crippen LogP contribution in [-0.2, 0) is 20.5 Å². The molecule has 0 aliphatic carbocycles. The fourth-order valence-corrected chi connectivity index (χ4v) is 2.65. The van der Waals surface area contributed by atoms with Gasteiger partial charge in [0.2, 0.25) is 0 Å². The number of hydrogen-bond donors (Lipinski definition) is 2. The Labute approximate surface area is 152 Å². The molecule has 1 heterocycles. The number of hydrogen-bond acceptors (Lipinski definition) is 4. The first-order valence-corrected chi connectivity index (χ1v) is 8.83. The lowest BCUT2D eigenvalue weighted by atomic mass is 10.1. The summed E-state index contributed by atoms with van der Waals surface area (Å²) in [5.74, 6) is 0.552. The Morgan fingerprint density at radius 2 is 1.64 bits per heavy atom. The molecule has 0 aliphatic heterocycles. The van der Waals surface area contributed by atoms with E-state index in [1.54, 1.807) is 7.05 Å². The summed E-state index contributed by atoms with van der Waals surface area (Å²) in [5, 5.41) is 7.31. The zero-order chi connectivity index (χ0) is 18.2. The summed E-state index contributed by atoms with van der Waals surface area (Å²) in [6.07, 6.45) is 3.00. The number of benzene rings is 1. The third kappa shape index (κ3) is 5.76. The lowest BCUT2D eigenvalue weighted by Gasteiger charge is -2.12. The Balaban J connectivity index is 1.62. The van der Waals surface area contributed by atoms with E-state index in [-0.39, 0.29) is 11.2 Å². The first-order valence-electron chi connectivity index (χ1n) is 8.45. The van der Waals surface area contributed by atoms with E-state index in [0.717, 1.165) is 41.9 Å². The number of nitrogens with one attached hydrogen (secondary N) is 2. The molecule has 0 fully saturated rings. The second-order valence-electron chi connectivity index (χ2n) is 6.03. The fourth-order valence-electron chi connectivity index (χ4n) is 2.53. The highest BCUT2D eigenvalue weighted by Gasteiger charge is 2.04. The van der Waals surface area contributed by atoms with Crippen LogP contribution in [0.2, 0.25) is 5.02 Å². The number of anilines is 1. The van der Waals surface area contributed by atoms with Crippen molar-refractivity contribution in [3.63, 3.8) is 0 Å². The van der Waals surface area contributed by atoms with Crippen LogP contribution < -0.4 is 21.9 Å². The van der Waals surface area contributed by atoms with E-state index in [1.165, 1.54) is 23.2 Å². The number of aryl methyl sites for hydroxylation is 1. The molecule has 0 spiro atoms. The smallest absolute Gasteiger partial charge is 0.332 e. The van der Waals surface area contributed by atoms with Crippen LogP contribution in [0.25, 0.3) is 0 Å². The zero-order valence-electron chi connectivity index (χ0n) is 14.7. The molecule has 2 rings (SSSR count). The highest BCUT2D eigenvalue weighted by Crippen LogP contribution is 2.10. The van der Waals surface area contributed by atoms with Crippen molar-refractivity contribution in [3.8, 4) is 0 Å². The molecule has 6 nitrogen and oxygen atoms in total. The summed E-state index contributed by atoms with van der Waals surface area (Å²) in [5.41, 5.74) is 0.667. The minimum absolute atomic E-state index is 0.300. The van der Waals surface area contributed by atoms with Crippen molar-refractivity contribution in [1.82, 2.24) is 14.5 Å². The van der Waals surface area contributed by atoms with Gasteiger partial charge in [-0.05, 0) is 50.0 Å². The molecular weight excluding hydrogens is 340 g/mol. The predicted molar refractivity (Wildman–Crippen MR) is 103 cm³/mol. The van der Waals surface area contributed by atoms with Crippen LogP contribution in [0, 0.1) is 0 Å². The Hall–Kier alpha value is -2.05. The minimum atomic E-state index is -0.324. The van der Waals surface area contributed by atoms with Gasteiger partial charge in [-0.25, -0.2) is 4.79 Å². The van der Waals surface area contributed by atoms with Gasteiger partial charge in [-0.15, -0.1) is 0 Å². The standard InChI is InChI=1S/C18H25ClN4O2/c1-22-16(13-17(24)23(2)18(22)25)21-12-4-11-20-10-3-5-14-6-8-15(19)9-7-14/h6-9,13,20-21H,3-5,10-12H2,1-2H3. The quantitative estimate of drug-likeness (QED) is 0.665. The molecule has 0 saturated carbocycles. The van der Waals surface area contributed by atoms with Crippen LogP contribution in [0.15, 0.2) is 39.9 Å². The van der Waals surface area contributed by atoms with Gasteiger partial charge in [0.15, 0.2) is 0 Å². The third-order valence-electron chi connectivity index (χ3n) is 4.09. The lowest BCUT2D eigenvalue weighted by molar-refractivity contribution is 0.629. The molecule has 0 aliphatic rings. The van der Waals surface area contributed by atoms with E-state index in [0.29, 0.717) is 12.4 Å². The van der Waals surface area contributed by atoms with Crippen LogP contribution in [0.1, 0.15) is 18.4 Å². The molecule has 25 heavy (non-hydrogen) atoms. The molecule has 2 N–H and O–H groups in total. The highest BCUT2D eigenvalue weighted by atomic mass is 35.5. The Kier molecular flexibility index (Phi) is 7.28. The molecule has 7 heteroatoms. The topological polar surface area (TPSA) is 68.1 Å². The van der Waals surface area contributed by atoms with Crippen LogP contribution in [0.4, 0.5) is 5.82 Å². The molecule has 0 saturated heterocycles. The van der Waals surface area contributed by atoms with Crippen molar-refractivity contribution in [2.45, 2.75) is 19.3 Å². The first kappa shape index (κ1) is 19.3. The van der Waals surface area contributed by atoms with Gasteiger partial charge in [-0.1, -0.05) is 23.7 Å². The molecule has 1 aromatic heterocycles. The number of nitrogens with zero attached hydrogens (tertiary/aromatic N) is 2. The Bertz CT molecular complexity index is 796. The SMILES string of the molecule is Cn1c(NCCCNCCCc2ccc(Cl)cc2)cc(=O)n(C)c1=O. The molecule has 0 amide bonds. The van der Waals surface area contributed by atoms with Gasteiger partial charge in [0.05, 0.1) is 0 Å². The molecule has 136 valence electrons. The van der Waals surface area contributed by atoms with Crippen molar-refractivity contribution in [2.75, 3.05) is 25.0 Å². The summed E-state index contributed by atoms with van der Waals surface area (Å²) in [7, 11) is 3.13. The molecule has 2 aromatic rings. The average molecular weight is 365 g/mol. The van der Waals surface area contributed by atoms with E-state index < -0.39 is 0 Å². The fraction of sp³-hybridized carbons (Fsp3) is 0.444. The maximum atomic E-state index is 11.8. The summed E-state index contributed by atoms with van der Waals surface area (Å²) in [6, 6.07) is 9.39. The molecule has 0 bridgehead atoms. The van der Waals surface area contributed by atoms with Crippen molar-refractivity contribution in [2.24, 2.45) is 14.1 Å². The Morgan fingerprint density at radius 3 is 2.36 bits per heavy atom. The van der Waals surface area contributed by atoms with Crippen molar-refractivity contribution in [3.05, 3.63) is 61.8 Å². The lowest BCUT2D eigenvalue weighted by Crippen LogP contribution is -2.37. The Morgan fingerprint density at radius 1 is 0.960 bits per heavy atom. The van der Waals surface area contributed by atoms with E-state index in [1.807, 2.05) is 12.1 Å². The maximum absolute atomic E-state index is 11.8. The van der Waals surface area contributed by atoms with E-state index in [4.69, 9.17) is 11.6 Å². The van der Waals surface area contributed by atoms with Gasteiger partial charge in [0.25, 0.3) is 5.56 Å².